The predicted molar refractivity (Wildman–Crippen MR) is 81.7 cm³/mol. The molecule has 0 spiro atoms. The van der Waals surface area contributed by atoms with E-state index in [1.54, 1.807) is 6.08 Å². The van der Waals surface area contributed by atoms with Gasteiger partial charge in [-0.25, -0.2) is 4.79 Å². The number of carbonyl (C=O) groups excluding carboxylic acids is 1. The van der Waals surface area contributed by atoms with E-state index in [1.807, 2.05) is 0 Å². The second-order valence-corrected chi connectivity index (χ2v) is 4.87. The summed E-state index contributed by atoms with van der Waals surface area (Å²) in [6.45, 7) is 10.6. The molecule has 0 radical (unpaired) electrons. The molecule has 0 N–H and O–H groups in total. The fourth-order valence-corrected chi connectivity index (χ4v) is 1.83. The second-order valence-electron chi connectivity index (χ2n) is 4.87. The molecule has 0 aromatic carbocycles. The molecule has 1 atom stereocenters. The van der Waals surface area contributed by atoms with Gasteiger partial charge in [0.25, 0.3) is 0 Å². The molecule has 1 unspecified atom stereocenters. The van der Waals surface area contributed by atoms with E-state index in [1.165, 1.54) is 0 Å². The minimum absolute atomic E-state index is 0.142. The van der Waals surface area contributed by atoms with Crippen LogP contribution in [-0.4, -0.2) is 64.9 Å². The monoisotopic (exact) mass is 314 g/mol. The summed E-state index contributed by atoms with van der Waals surface area (Å²) in [6.07, 6.45) is 4.01. The summed E-state index contributed by atoms with van der Waals surface area (Å²) in [5.41, 5.74) is 0.279. The SMILES string of the molecule is C=CCOCC(=C)C(=O)OCCOCCOCC1CCCO1. The number of hydrogen-bond acceptors (Lipinski definition) is 6. The molecule has 1 aliphatic heterocycles. The minimum atomic E-state index is -0.470. The van der Waals surface area contributed by atoms with Crippen LogP contribution in [0.15, 0.2) is 24.8 Å². The topological polar surface area (TPSA) is 63.2 Å². The van der Waals surface area contributed by atoms with Crippen LogP contribution in [0.1, 0.15) is 12.8 Å². The fourth-order valence-electron chi connectivity index (χ4n) is 1.83. The molecule has 1 aliphatic rings. The average Bonchev–Trinajstić information content (AvgIpc) is 3.03. The van der Waals surface area contributed by atoms with Crippen LogP contribution in [0.2, 0.25) is 0 Å². The van der Waals surface area contributed by atoms with Gasteiger partial charge in [-0.1, -0.05) is 12.7 Å². The number of hydrogen-bond donors (Lipinski definition) is 0. The third kappa shape index (κ3) is 8.94. The normalized spacial score (nSPS) is 17.4. The third-order valence-corrected chi connectivity index (χ3v) is 2.96. The molecule has 0 aliphatic carbocycles. The van der Waals surface area contributed by atoms with E-state index in [-0.39, 0.29) is 24.9 Å². The maximum atomic E-state index is 11.5. The van der Waals surface area contributed by atoms with E-state index in [2.05, 4.69) is 13.2 Å². The summed E-state index contributed by atoms with van der Waals surface area (Å²) in [5.74, 6) is -0.470. The van der Waals surface area contributed by atoms with E-state index < -0.39 is 5.97 Å². The summed E-state index contributed by atoms with van der Waals surface area (Å²) >= 11 is 0. The molecule has 22 heavy (non-hydrogen) atoms. The van der Waals surface area contributed by atoms with Crippen molar-refractivity contribution in [2.75, 3.05) is 52.9 Å². The molecule has 1 rings (SSSR count). The van der Waals surface area contributed by atoms with Gasteiger partial charge in [-0.2, -0.15) is 0 Å². The first-order valence-corrected chi connectivity index (χ1v) is 7.54. The van der Waals surface area contributed by atoms with Crippen molar-refractivity contribution in [1.29, 1.82) is 0 Å². The molecule has 0 aromatic heterocycles. The molecule has 0 amide bonds. The Morgan fingerprint density at radius 2 is 1.95 bits per heavy atom. The zero-order valence-corrected chi connectivity index (χ0v) is 13.1. The molecule has 1 fully saturated rings. The van der Waals surface area contributed by atoms with Crippen molar-refractivity contribution < 1.29 is 28.5 Å². The van der Waals surface area contributed by atoms with Crippen LogP contribution in [0.5, 0.6) is 0 Å². The van der Waals surface area contributed by atoms with Crippen LogP contribution >= 0.6 is 0 Å². The molecule has 1 heterocycles. The van der Waals surface area contributed by atoms with Crippen molar-refractivity contribution in [3.63, 3.8) is 0 Å². The predicted octanol–water partition coefficient (Wildman–Crippen LogP) is 1.50. The van der Waals surface area contributed by atoms with Crippen LogP contribution < -0.4 is 0 Å². The number of rotatable bonds is 13. The number of esters is 1. The van der Waals surface area contributed by atoms with Crippen molar-refractivity contribution in [2.45, 2.75) is 18.9 Å². The van der Waals surface area contributed by atoms with Gasteiger partial charge in [-0.15, -0.1) is 6.58 Å². The lowest BCUT2D eigenvalue weighted by atomic mass is 10.2. The van der Waals surface area contributed by atoms with Crippen LogP contribution in [-0.2, 0) is 28.5 Å². The molecule has 0 aromatic rings. The van der Waals surface area contributed by atoms with Crippen molar-refractivity contribution in [1.82, 2.24) is 0 Å². The zero-order valence-electron chi connectivity index (χ0n) is 13.1. The van der Waals surface area contributed by atoms with Gasteiger partial charge in [0.1, 0.15) is 6.61 Å². The number of carbonyl (C=O) groups is 1. The van der Waals surface area contributed by atoms with Crippen molar-refractivity contribution in [3.05, 3.63) is 24.8 Å². The van der Waals surface area contributed by atoms with Gasteiger partial charge in [0.05, 0.1) is 51.3 Å². The highest BCUT2D eigenvalue weighted by Crippen LogP contribution is 2.11. The van der Waals surface area contributed by atoms with Gasteiger partial charge in [-0.3, -0.25) is 0 Å². The standard InChI is InChI=1S/C16H26O6/c1-3-6-19-12-14(2)16(17)22-11-10-18-8-9-20-13-15-5-4-7-21-15/h3,15H,1-2,4-13H2. The zero-order chi connectivity index (χ0) is 16.0. The first-order valence-electron chi connectivity index (χ1n) is 7.54. The van der Waals surface area contributed by atoms with E-state index in [0.29, 0.717) is 33.0 Å². The molecule has 126 valence electrons. The van der Waals surface area contributed by atoms with Crippen molar-refractivity contribution in [3.8, 4) is 0 Å². The van der Waals surface area contributed by atoms with Crippen molar-refractivity contribution in [2.24, 2.45) is 0 Å². The van der Waals surface area contributed by atoms with Gasteiger partial charge in [0.2, 0.25) is 0 Å². The van der Waals surface area contributed by atoms with Crippen LogP contribution in [0.4, 0.5) is 0 Å². The van der Waals surface area contributed by atoms with Gasteiger partial charge in [0, 0.05) is 6.61 Å². The number of ether oxygens (including phenoxy) is 5. The Bertz CT molecular complexity index is 336. The van der Waals surface area contributed by atoms with Crippen LogP contribution in [0.25, 0.3) is 0 Å². The summed E-state index contributed by atoms with van der Waals surface area (Å²) in [4.78, 5) is 11.5. The Hall–Kier alpha value is -1.21. The van der Waals surface area contributed by atoms with Crippen molar-refractivity contribution >= 4 is 5.97 Å². The van der Waals surface area contributed by atoms with E-state index >= 15 is 0 Å². The first-order chi connectivity index (χ1) is 10.7. The largest absolute Gasteiger partial charge is 0.460 e. The Labute approximate surface area is 132 Å². The fraction of sp³-hybridized carbons (Fsp3) is 0.688. The summed E-state index contributed by atoms with van der Waals surface area (Å²) in [6, 6.07) is 0. The van der Waals surface area contributed by atoms with E-state index in [4.69, 9.17) is 23.7 Å². The highest BCUT2D eigenvalue weighted by molar-refractivity contribution is 5.87. The van der Waals surface area contributed by atoms with Gasteiger partial charge in [0.15, 0.2) is 0 Å². The molecular weight excluding hydrogens is 288 g/mol. The lowest BCUT2D eigenvalue weighted by Gasteiger charge is -2.10. The molecule has 6 heteroatoms. The highest BCUT2D eigenvalue weighted by atomic mass is 16.6. The van der Waals surface area contributed by atoms with Gasteiger partial charge >= 0.3 is 5.97 Å². The molecule has 0 bridgehead atoms. The minimum Gasteiger partial charge on any atom is -0.460 e. The molecular formula is C16H26O6. The van der Waals surface area contributed by atoms with Gasteiger partial charge < -0.3 is 23.7 Å². The Morgan fingerprint density at radius 1 is 1.18 bits per heavy atom. The van der Waals surface area contributed by atoms with Gasteiger partial charge in [-0.05, 0) is 12.8 Å². The lowest BCUT2D eigenvalue weighted by Crippen LogP contribution is -2.18. The Morgan fingerprint density at radius 3 is 2.68 bits per heavy atom. The summed E-state index contributed by atoms with van der Waals surface area (Å²) in [7, 11) is 0. The second kappa shape index (κ2) is 12.3. The molecule has 1 saturated heterocycles. The maximum Gasteiger partial charge on any atom is 0.335 e. The Balaban J connectivity index is 1.86. The highest BCUT2D eigenvalue weighted by Gasteiger charge is 2.14. The summed E-state index contributed by atoms with van der Waals surface area (Å²) < 4.78 is 26.3. The lowest BCUT2D eigenvalue weighted by molar-refractivity contribution is -0.141. The quantitative estimate of drug-likeness (QED) is 0.222. The first kappa shape index (κ1) is 18.8. The third-order valence-electron chi connectivity index (χ3n) is 2.96. The maximum absolute atomic E-state index is 11.5. The summed E-state index contributed by atoms with van der Waals surface area (Å²) in [5, 5.41) is 0. The van der Waals surface area contributed by atoms with E-state index in [0.717, 1.165) is 19.4 Å². The smallest absolute Gasteiger partial charge is 0.335 e. The molecule has 6 nitrogen and oxygen atoms in total. The van der Waals surface area contributed by atoms with Crippen LogP contribution in [0.3, 0.4) is 0 Å². The van der Waals surface area contributed by atoms with Crippen LogP contribution in [0, 0.1) is 0 Å². The van der Waals surface area contributed by atoms with E-state index in [9.17, 15) is 4.79 Å². The molecule has 0 saturated carbocycles. The average molecular weight is 314 g/mol. The Kier molecular flexibility index (Phi) is 10.6.